The first-order valence-electron chi connectivity index (χ1n) is 9.33. The topological polar surface area (TPSA) is 34.5 Å². The maximum absolute atomic E-state index is 13.0. The van der Waals surface area contributed by atoms with Crippen molar-refractivity contribution >= 4 is 51.9 Å². The van der Waals surface area contributed by atoms with E-state index < -0.39 is 0 Å². The molecule has 0 saturated carbocycles. The van der Waals surface area contributed by atoms with Gasteiger partial charge in [-0.25, -0.2) is 0 Å². The second-order valence-electron chi connectivity index (χ2n) is 6.91. The highest BCUT2D eigenvalue weighted by atomic mass is 35.5. The van der Waals surface area contributed by atoms with Crippen molar-refractivity contribution in [3.63, 3.8) is 0 Å². The smallest absolute Gasteiger partial charge is 0.285 e. The number of carbonyl (C=O) groups excluding carboxylic acids is 1. The number of hydrogen-bond donors (Lipinski definition) is 0. The summed E-state index contributed by atoms with van der Waals surface area (Å²) in [6.45, 7) is 4.35. The van der Waals surface area contributed by atoms with Gasteiger partial charge in [-0.15, -0.1) is 0 Å². The molecule has 1 amide bonds. The molecule has 3 aromatic rings. The highest BCUT2D eigenvalue weighted by Gasteiger charge is 2.34. The molecule has 152 valence electrons. The standard InChI is InChI=1S/C23H19ClN2O2S2/c1-15-6-7-16(2)25(15)26-22(27)21(30-23(26)29)13-18-4-3-5-20(12-18)28-14-17-8-10-19(24)11-9-17/h3-13H,14H2,1-2H3/b21-13+. The van der Waals surface area contributed by atoms with Gasteiger partial charge >= 0.3 is 0 Å². The summed E-state index contributed by atoms with van der Waals surface area (Å²) in [5.41, 5.74) is 3.83. The van der Waals surface area contributed by atoms with E-state index in [1.807, 2.05) is 85.3 Å². The van der Waals surface area contributed by atoms with Crippen LogP contribution in [0.5, 0.6) is 5.75 Å². The number of thiocarbonyl (C=S) groups is 1. The van der Waals surface area contributed by atoms with Gasteiger partial charge in [0.2, 0.25) is 0 Å². The minimum atomic E-state index is -0.125. The summed E-state index contributed by atoms with van der Waals surface area (Å²) < 4.78 is 8.26. The molecule has 30 heavy (non-hydrogen) atoms. The average Bonchev–Trinajstić information content (AvgIpc) is 3.19. The minimum absolute atomic E-state index is 0.125. The van der Waals surface area contributed by atoms with Crippen molar-refractivity contribution in [1.29, 1.82) is 0 Å². The first-order valence-corrected chi connectivity index (χ1v) is 10.9. The second kappa shape index (κ2) is 8.68. The van der Waals surface area contributed by atoms with Crippen LogP contribution in [0.3, 0.4) is 0 Å². The van der Waals surface area contributed by atoms with E-state index in [4.69, 9.17) is 28.6 Å². The summed E-state index contributed by atoms with van der Waals surface area (Å²) in [7, 11) is 0. The SMILES string of the molecule is Cc1ccc(C)n1N1C(=O)/C(=C\c2cccc(OCc3ccc(Cl)cc3)c2)SC1=S. The molecule has 1 aliphatic heterocycles. The third kappa shape index (κ3) is 4.31. The molecule has 0 bridgehead atoms. The number of amides is 1. The van der Waals surface area contributed by atoms with Gasteiger partial charge < -0.3 is 4.74 Å². The Bertz CT molecular complexity index is 1130. The van der Waals surface area contributed by atoms with Crippen molar-refractivity contribution in [1.82, 2.24) is 4.68 Å². The van der Waals surface area contributed by atoms with E-state index in [1.165, 1.54) is 11.8 Å². The fourth-order valence-electron chi connectivity index (χ4n) is 3.20. The van der Waals surface area contributed by atoms with Crippen LogP contribution in [0.4, 0.5) is 0 Å². The van der Waals surface area contributed by atoms with E-state index in [0.717, 1.165) is 28.3 Å². The van der Waals surface area contributed by atoms with Gasteiger partial charge in [0.05, 0.1) is 4.91 Å². The lowest BCUT2D eigenvalue weighted by atomic mass is 10.2. The molecule has 0 atom stereocenters. The number of aromatic nitrogens is 1. The molecule has 1 aliphatic rings. The van der Waals surface area contributed by atoms with Gasteiger partial charge in [-0.3, -0.25) is 9.47 Å². The van der Waals surface area contributed by atoms with E-state index in [-0.39, 0.29) is 5.91 Å². The van der Waals surface area contributed by atoms with E-state index in [0.29, 0.717) is 20.9 Å². The molecular weight excluding hydrogens is 436 g/mol. The highest BCUT2D eigenvalue weighted by Crippen LogP contribution is 2.33. The van der Waals surface area contributed by atoms with Gasteiger partial charge in [0.15, 0.2) is 4.32 Å². The molecule has 4 nitrogen and oxygen atoms in total. The van der Waals surface area contributed by atoms with Crippen LogP contribution >= 0.6 is 35.6 Å². The van der Waals surface area contributed by atoms with Crippen LogP contribution in [0, 0.1) is 13.8 Å². The lowest BCUT2D eigenvalue weighted by Crippen LogP contribution is -2.39. The van der Waals surface area contributed by atoms with Crippen molar-refractivity contribution < 1.29 is 9.53 Å². The van der Waals surface area contributed by atoms with E-state index in [1.54, 1.807) is 5.01 Å². The zero-order valence-electron chi connectivity index (χ0n) is 16.5. The summed E-state index contributed by atoms with van der Waals surface area (Å²) in [5, 5.41) is 2.25. The largest absolute Gasteiger partial charge is 0.489 e. The predicted molar refractivity (Wildman–Crippen MR) is 128 cm³/mol. The maximum Gasteiger partial charge on any atom is 0.285 e. The predicted octanol–water partition coefficient (Wildman–Crippen LogP) is 5.87. The van der Waals surface area contributed by atoms with Crippen LogP contribution < -0.4 is 9.75 Å². The molecular formula is C23H19ClN2O2S2. The Balaban J connectivity index is 1.52. The normalized spacial score (nSPS) is 15.3. The number of aryl methyl sites for hydroxylation is 2. The number of ether oxygens (including phenoxy) is 1. The van der Waals surface area contributed by atoms with Gasteiger partial charge in [0.1, 0.15) is 12.4 Å². The van der Waals surface area contributed by atoms with Gasteiger partial charge in [-0.2, -0.15) is 5.01 Å². The van der Waals surface area contributed by atoms with Crippen LogP contribution in [0.2, 0.25) is 5.02 Å². The maximum atomic E-state index is 13.0. The number of rotatable bonds is 5. The number of hydrogen-bond acceptors (Lipinski definition) is 4. The fourth-order valence-corrected chi connectivity index (χ4v) is 4.57. The molecule has 2 heterocycles. The monoisotopic (exact) mass is 454 g/mol. The Hall–Kier alpha value is -2.54. The van der Waals surface area contributed by atoms with E-state index >= 15 is 0 Å². The summed E-state index contributed by atoms with van der Waals surface area (Å²) in [4.78, 5) is 13.6. The average molecular weight is 455 g/mol. The number of benzene rings is 2. The molecule has 4 rings (SSSR count). The number of thioether (sulfide) groups is 1. The highest BCUT2D eigenvalue weighted by molar-refractivity contribution is 8.27. The molecule has 0 spiro atoms. The van der Waals surface area contributed by atoms with Gasteiger partial charge in [-0.05, 0) is 79.7 Å². The summed E-state index contributed by atoms with van der Waals surface area (Å²) in [5.74, 6) is 0.603. The Labute approximate surface area is 190 Å². The molecule has 0 N–H and O–H groups in total. The minimum Gasteiger partial charge on any atom is -0.489 e. The summed E-state index contributed by atoms with van der Waals surface area (Å²) in [6.07, 6.45) is 1.85. The van der Waals surface area contributed by atoms with E-state index in [2.05, 4.69) is 0 Å². The Morgan fingerprint density at radius 2 is 1.77 bits per heavy atom. The van der Waals surface area contributed by atoms with Gasteiger partial charge in [0.25, 0.3) is 5.91 Å². The zero-order valence-corrected chi connectivity index (χ0v) is 18.9. The van der Waals surface area contributed by atoms with Crippen molar-refractivity contribution in [3.05, 3.63) is 93.1 Å². The number of carbonyl (C=O) groups is 1. The van der Waals surface area contributed by atoms with Crippen LogP contribution in [0.1, 0.15) is 22.5 Å². The molecule has 1 fully saturated rings. The van der Waals surface area contributed by atoms with Gasteiger partial charge in [0, 0.05) is 16.4 Å². The van der Waals surface area contributed by atoms with E-state index in [9.17, 15) is 4.79 Å². The van der Waals surface area contributed by atoms with Crippen molar-refractivity contribution in [3.8, 4) is 5.75 Å². The molecule has 0 radical (unpaired) electrons. The molecule has 1 saturated heterocycles. The third-order valence-corrected chi connectivity index (χ3v) is 6.22. The summed E-state index contributed by atoms with van der Waals surface area (Å²) in [6, 6.07) is 19.1. The Morgan fingerprint density at radius 1 is 1.07 bits per heavy atom. The summed E-state index contributed by atoms with van der Waals surface area (Å²) >= 11 is 12.7. The Kier molecular flexibility index (Phi) is 5.99. The van der Waals surface area contributed by atoms with Crippen LogP contribution in [0.25, 0.3) is 6.08 Å². The van der Waals surface area contributed by atoms with Crippen molar-refractivity contribution in [2.45, 2.75) is 20.5 Å². The quantitative estimate of drug-likeness (QED) is 0.356. The van der Waals surface area contributed by atoms with Crippen LogP contribution in [0.15, 0.2) is 65.6 Å². The first-order chi connectivity index (χ1) is 14.4. The van der Waals surface area contributed by atoms with Gasteiger partial charge in [-0.1, -0.05) is 47.6 Å². The van der Waals surface area contributed by atoms with Crippen LogP contribution in [-0.2, 0) is 11.4 Å². The zero-order chi connectivity index (χ0) is 21.3. The molecule has 7 heteroatoms. The first kappa shape index (κ1) is 20.7. The number of halogens is 1. The van der Waals surface area contributed by atoms with Crippen LogP contribution in [-0.4, -0.2) is 14.9 Å². The number of nitrogens with zero attached hydrogens (tertiary/aromatic N) is 2. The Morgan fingerprint density at radius 3 is 2.47 bits per heavy atom. The fraction of sp³-hybridized carbons (Fsp3) is 0.130. The second-order valence-corrected chi connectivity index (χ2v) is 9.02. The lowest BCUT2D eigenvalue weighted by molar-refractivity contribution is -0.114. The molecule has 1 aromatic heterocycles. The molecule has 2 aromatic carbocycles. The molecule has 0 unspecified atom stereocenters. The van der Waals surface area contributed by atoms with Crippen molar-refractivity contribution in [2.24, 2.45) is 0 Å². The lowest BCUT2D eigenvalue weighted by Gasteiger charge is -2.20. The third-order valence-electron chi connectivity index (χ3n) is 4.68. The molecule has 0 aliphatic carbocycles. The van der Waals surface area contributed by atoms with Crippen molar-refractivity contribution in [2.75, 3.05) is 5.01 Å².